The summed E-state index contributed by atoms with van der Waals surface area (Å²) in [6.07, 6.45) is 1.79. The van der Waals surface area contributed by atoms with Crippen LogP contribution in [0.5, 0.6) is 0 Å². The summed E-state index contributed by atoms with van der Waals surface area (Å²) in [7, 11) is 1.35. The number of rotatable bonds is 12. The number of nitrogens with zero attached hydrogens (tertiary/aromatic N) is 2. The first-order valence-corrected chi connectivity index (χ1v) is 21.5. The summed E-state index contributed by atoms with van der Waals surface area (Å²) in [6.45, 7) is 6.88. The predicted octanol–water partition coefficient (Wildman–Crippen LogP) is 5.94. The zero-order valence-electron chi connectivity index (χ0n) is 36.2. The fourth-order valence-corrected chi connectivity index (χ4v) is 8.54. The van der Waals surface area contributed by atoms with Gasteiger partial charge in [0, 0.05) is 36.2 Å². The molecule has 2 heterocycles. The zero-order chi connectivity index (χ0) is 44.6. The second-order valence-electron chi connectivity index (χ2n) is 15.6. The van der Waals surface area contributed by atoms with Crippen molar-refractivity contribution >= 4 is 58.3 Å². The van der Waals surface area contributed by atoms with Crippen LogP contribution < -0.4 is 76.9 Å². The molecular weight excluding hydrogens is 875 g/mol. The van der Waals surface area contributed by atoms with E-state index in [2.05, 4.69) is 32.6 Å². The van der Waals surface area contributed by atoms with E-state index in [0.717, 1.165) is 65.1 Å². The average Bonchev–Trinajstić information content (AvgIpc) is 3.90. The third-order valence-corrected chi connectivity index (χ3v) is 11.8. The second kappa shape index (κ2) is 22.3. The molecule has 6 aromatic carbocycles. The first-order valence-electron chi connectivity index (χ1n) is 20.7. The smallest absolute Gasteiger partial charge is 0.545 e. The van der Waals surface area contributed by atoms with Crippen LogP contribution in [-0.2, 0) is 30.7 Å². The molecule has 0 saturated heterocycles. The van der Waals surface area contributed by atoms with Gasteiger partial charge >= 0.3 is 57.4 Å². The molecule has 6 aromatic rings. The largest absolute Gasteiger partial charge is 1.00 e. The number of carboxylic acid groups (broad SMARTS) is 1. The van der Waals surface area contributed by atoms with E-state index >= 15 is 0 Å². The van der Waals surface area contributed by atoms with Crippen LogP contribution in [0, 0.1) is 0 Å². The van der Waals surface area contributed by atoms with Gasteiger partial charge in [-0.25, -0.2) is 4.79 Å². The number of hydrogen-bond donors (Lipinski definition) is 2. The number of carboxylic acids is 1. The Morgan fingerprint density at radius 3 is 1.41 bits per heavy atom. The Balaban J connectivity index is 0.000000209. The fraction of sp³-hybridized carbons (Fsp3) is 0.216. The van der Waals surface area contributed by atoms with E-state index in [-0.39, 0.29) is 86.8 Å². The molecular formula is C51H47Cl2KN4O6. The van der Waals surface area contributed by atoms with Crippen molar-refractivity contribution < 1.29 is 80.4 Å². The van der Waals surface area contributed by atoms with E-state index < -0.39 is 5.97 Å². The minimum Gasteiger partial charge on any atom is -0.545 e. The average molecular weight is 922 g/mol. The number of methoxy groups -OCH3 is 1. The number of fused-ring (bicyclic) bond motifs is 2. The third kappa shape index (κ3) is 11.8. The first-order chi connectivity index (χ1) is 30.4. The van der Waals surface area contributed by atoms with Crippen LogP contribution in [0.15, 0.2) is 133 Å². The Morgan fingerprint density at radius 1 is 0.609 bits per heavy atom. The van der Waals surface area contributed by atoms with Crippen molar-refractivity contribution in [3.05, 3.63) is 199 Å². The van der Waals surface area contributed by atoms with Crippen LogP contribution in [0.4, 0.5) is 11.4 Å². The van der Waals surface area contributed by atoms with Crippen LogP contribution in [0.1, 0.15) is 101 Å². The molecule has 2 amide bonds. The number of nitrogens with one attached hydrogen (secondary N) is 2. The molecule has 0 spiro atoms. The van der Waals surface area contributed by atoms with Crippen LogP contribution >= 0.6 is 23.2 Å². The van der Waals surface area contributed by atoms with Crippen molar-refractivity contribution in [3.8, 4) is 0 Å². The predicted molar refractivity (Wildman–Crippen MR) is 246 cm³/mol. The van der Waals surface area contributed by atoms with Gasteiger partial charge in [0.1, 0.15) is 0 Å². The van der Waals surface area contributed by atoms with Gasteiger partial charge in [-0.05, 0) is 114 Å². The Bertz CT molecular complexity index is 2640. The van der Waals surface area contributed by atoms with Gasteiger partial charge in [0.25, 0.3) is 11.8 Å². The molecule has 0 unspecified atom stereocenters. The standard InChI is InChI=1S/C26H25ClN2O3.C25H23ClN2O3.K/c1-17(19-9-11-21(12-10-19)26(31)32-2)28-25(30)23-8-4-6-20-13-14-29(24(20)23)16-18-5-3-7-22(27)15-18;1-16(18-8-10-20(11-9-18)25(30)31)27-24(29)22-7-3-5-19-12-13-28(23(19)22)15-17-4-2-6-21(26)14-17;/h3-12,15,17H,13-14,16H2,1-2H3,(H,28,30);2-11,14,16H,12-13,15H2,1H3,(H,27,29)(H,30,31);/q;;+1/p-1/t17-;16-;/m00./s1. The number of para-hydroxylation sites is 2. The van der Waals surface area contributed by atoms with Crippen LogP contribution in [0.25, 0.3) is 0 Å². The number of aromatic carboxylic acids is 1. The number of esters is 1. The van der Waals surface area contributed by atoms with Crippen molar-refractivity contribution in [1.82, 2.24) is 10.6 Å². The van der Waals surface area contributed by atoms with E-state index in [1.165, 1.54) is 24.8 Å². The maximum atomic E-state index is 13.2. The summed E-state index contributed by atoms with van der Waals surface area (Å²) < 4.78 is 4.74. The first kappa shape index (κ1) is 48.5. The number of ether oxygens (including phenoxy) is 1. The number of hydrogen-bond acceptors (Lipinski definition) is 8. The molecule has 2 aliphatic rings. The molecule has 8 rings (SSSR count). The number of amides is 2. The molecule has 0 saturated carbocycles. The number of anilines is 2. The molecule has 2 atom stereocenters. The van der Waals surface area contributed by atoms with Crippen molar-refractivity contribution in [2.24, 2.45) is 0 Å². The van der Waals surface area contributed by atoms with Gasteiger partial charge in [-0.1, -0.05) is 108 Å². The van der Waals surface area contributed by atoms with E-state index in [0.29, 0.717) is 39.8 Å². The Labute approximate surface area is 426 Å². The van der Waals surface area contributed by atoms with Gasteiger partial charge in [0.15, 0.2) is 0 Å². The molecule has 0 radical (unpaired) electrons. The number of carbonyl (C=O) groups excluding carboxylic acids is 4. The van der Waals surface area contributed by atoms with Gasteiger partial charge < -0.3 is 35.1 Å². The number of carbonyl (C=O) groups is 4. The van der Waals surface area contributed by atoms with Gasteiger partial charge in [-0.3, -0.25) is 9.59 Å². The maximum absolute atomic E-state index is 13.2. The molecule has 0 aromatic heterocycles. The summed E-state index contributed by atoms with van der Waals surface area (Å²) >= 11 is 12.3. The summed E-state index contributed by atoms with van der Waals surface area (Å²) in [4.78, 5) is 53.4. The summed E-state index contributed by atoms with van der Waals surface area (Å²) in [5.41, 5.74) is 10.1. The minimum absolute atomic E-state index is 0. The topological polar surface area (TPSA) is 131 Å². The normalized spacial score (nSPS) is 13.3. The van der Waals surface area contributed by atoms with Crippen LogP contribution in [0.3, 0.4) is 0 Å². The monoisotopic (exact) mass is 920 g/mol. The molecule has 64 heavy (non-hydrogen) atoms. The molecule has 13 heteroatoms. The van der Waals surface area contributed by atoms with Crippen molar-refractivity contribution in [2.45, 2.75) is 51.9 Å². The van der Waals surface area contributed by atoms with Crippen LogP contribution in [-0.4, -0.2) is 44.0 Å². The summed E-state index contributed by atoms with van der Waals surface area (Å²) in [6, 6.07) is 40.2. The molecule has 0 bridgehead atoms. The molecule has 322 valence electrons. The molecule has 2 aliphatic heterocycles. The third-order valence-electron chi connectivity index (χ3n) is 11.4. The van der Waals surface area contributed by atoms with Crippen LogP contribution in [0.2, 0.25) is 10.0 Å². The van der Waals surface area contributed by atoms with Crippen molar-refractivity contribution in [3.63, 3.8) is 0 Å². The Kier molecular flexibility index (Phi) is 16.9. The van der Waals surface area contributed by atoms with Gasteiger partial charge in [-0.15, -0.1) is 0 Å². The van der Waals surface area contributed by atoms with Crippen molar-refractivity contribution in [1.29, 1.82) is 0 Å². The Morgan fingerprint density at radius 2 is 1.02 bits per heavy atom. The van der Waals surface area contributed by atoms with E-state index in [1.54, 1.807) is 24.3 Å². The number of halogens is 2. The summed E-state index contributed by atoms with van der Waals surface area (Å²) in [5, 5.41) is 18.5. The zero-order valence-corrected chi connectivity index (χ0v) is 40.8. The van der Waals surface area contributed by atoms with E-state index in [9.17, 15) is 24.3 Å². The van der Waals surface area contributed by atoms with Gasteiger partial charge in [-0.2, -0.15) is 0 Å². The second-order valence-corrected chi connectivity index (χ2v) is 16.5. The van der Waals surface area contributed by atoms with Gasteiger partial charge in [0.2, 0.25) is 0 Å². The molecule has 0 fully saturated rings. The Hall–Kier alpha value is -4.98. The summed E-state index contributed by atoms with van der Waals surface area (Å²) in [5.74, 6) is -1.88. The number of benzene rings is 6. The van der Waals surface area contributed by atoms with E-state index in [4.69, 9.17) is 27.9 Å². The SMILES string of the molecule is COC(=O)c1ccc([C@H](C)NC(=O)c2cccc3c2N(Cc2cccc(Cl)c2)CC3)cc1.C[C@H](NC(=O)c1cccc2c1N(Cc1cccc(Cl)c1)CC2)c1ccc(C(=O)[O-])cc1.[K+]. The maximum Gasteiger partial charge on any atom is 1.00 e. The van der Waals surface area contributed by atoms with Crippen molar-refractivity contribution in [2.75, 3.05) is 30.0 Å². The quantitative estimate of drug-likeness (QED) is 0.114. The van der Waals surface area contributed by atoms with Gasteiger partial charge in [0.05, 0.1) is 53.2 Å². The van der Waals surface area contributed by atoms with E-state index in [1.807, 2.05) is 98.8 Å². The minimum atomic E-state index is -1.22. The molecule has 10 nitrogen and oxygen atoms in total. The fourth-order valence-electron chi connectivity index (χ4n) is 8.11. The molecule has 2 N–H and O–H groups in total. The molecule has 0 aliphatic carbocycles.